The van der Waals surface area contributed by atoms with E-state index in [9.17, 15) is 0 Å². The zero-order valence-electron chi connectivity index (χ0n) is 30.1. The highest BCUT2D eigenvalue weighted by molar-refractivity contribution is 6.22. The van der Waals surface area contributed by atoms with E-state index in [1.807, 2.05) is 0 Å². The molecule has 1 unspecified atom stereocenters. The van der Waals surface area contributed by atoms with Gasteiger partial charge in [-0.25, -0.2) is 0 Å². The predicted molar refractivity (Wildman–Crippen MR) is 223 cm³/mol. The summed E-state index contributed by atoms with van der Waals surface area (Å²) in [6, 6.07) is 52.6. The maximum atomic E-state index is 2.48. The number of aryl methyl sites for hydroxylation is 3. The lowest BCUT2D eigenvalue weighted by molar-refractivity contribution is 0.646. The molecule has 8 aromatic carbocycles. The van der Waals surface area contributed by atoms with E-state index in [-0.39, 0.29) is 0 Å². The Morgan fingerprint density at radius 1 is 0.500 bits per heavy atom. The molecule has 250 valence electrons. The molecule has 0 fully saturated rings. The van der Waals surface area contributed by atoms with Gasteiger partial charge in [0.2, 0.25) is 0 Å². The fraction of sp³-hybridized carbons (Fsp3) is 0.137. The topological polar surface area (TPSA) is 3.24 Å². The van der Waals surface area contributed by atoms with Gasteiger partial charge in [-0.15, -0.1) is 0 Å². The molecule has 0 heterocycles. The summed E-state index contributed by atoms with van der Waals surface area (Å²) in [7, 11) is 0. The quantitative estimate of drug-likeness (QED) is 0.165. The van der Waals surface area contributed by atoms with Crippen molar-refractivity contribution in [3.05, 3.63) is 172 Å². The zero-order chi connectivity index (χ0) is 34.9. The van der Waals surface area contributed by atoms with Crippen LogP contribution in [0.25, 0.3) is 66.7 Å². The van der Waals surface area contributed by atoms with Gasteiger partial charge >= 0.3 is 0 Å². The van der Waals surface area contributed by atoms with E-state index in [0.29, 0.717) is 5.92 Å². The van der Waals surface area contributed by atoms with Crippen molar-refractivity contribution in [3.63, 3.8) is 0 Å². The van der Waals surface area contributed by atoms with Crippen LogP contribution in [0.4, 0.5) is 17.1 Å². The van der Waals surface area contributed by atoms with E-state index < -0.39 is 0 Å². The van der Waals surface area contributed by atoms with Gasteiger partial charge in [-0.2, -0.15) is 0 Å². The van der Waals surface area contributed by atoms with E-state index in [1.165, 1.54) is 100 Å². The lowest BCUT2D eigenvalue weighted by Crippen LogP contribution is -2.24. The maximum absolute atomic E-state index is 2.48. The van der Waals surface area contributed by atoms with Gasteiger partial charge in [0.1, 0.15) is 0 Å². The molecular formula is C51H41N. The molecule has 1 heteroatoms. The van der Waals surface area contributed by atoms with Gasteiger partial charge in [-0.05, 0) is 142 Å². The van der Waals surface area contributed by atoms with E-state index in [1.54, 1.807) is 5.56 Å². The van der Waals surface area contributed by atoms with Crippen molar-refractivity contribution in [2.45, 2.75) is 46.0 Å². The fourth-order valence-corrected chi connectivity index (χ4v) is 9.18. The Morgan fingerprint density at radius 3 is 1.75 bits per heavy atom. The van der Waals surface area contributed by atoms with Gasteiger partial charge in [-0.1, -0.05) is 132 Å². The third-order valence-electron chi connectivity index (χ3n) is 11.6. The van der Waals surface area contributed by atoms with E-state index in [0.717, 1.165) is 17.8 Å². The molecule has 0 saturated heterocycles. The first-order valence-electron chi connectivity index (χ1n) is 18.8. The van der Waals surface area contributed by atoms with Crippen LogP contribution in [0, 0.1) is 20.8 Å². The van der Waals surface area contributed by atoms with Crippen LogP contribution in [-0.2, 0) is 0 Å². The lowest BCUT2D eigenvalue weighted by Gasteiger charge is -2.30. The molecular weight excluding hydrogens is 627 g/mol. The van der Waals surface area contributed by atoms with Crippen LogP contribution in [0.3, 0.4) is 0 Å². The summed E-state index contributed by atoms with van der Waals surface area (Å²) < 4.78 is 0. The Morgan fingerprint density at radius 2 is 1.10 bits per heavy atom. The number of fused-ring (bicyclic) bond motifs is 2. The van der Waals surface area contributed by atoms with Gasteiger partial charge in [0.25, 0.3) is 0 Å². The predicted octanol–water partition coefficient (Wildman–Crippen LogP) is 12.7. The van der Waals surface area contributed by atoms with Crippen molar-refractivity contribution >= 4 is 61.5 Å². The summed E-state index contributed by atoms with van der Waals surface area (Å²) in [4.78, 5) is 2.45. The molecule has 52 heavy (non-hydrogen) atoms. The number of nitrogens with zero attached hydrogens (tertiary/aromatic N) is 1. The van der Waals surface area contributed by atoms with Gasteiger partial charge in [-0.3, -0.25) is 0 Å². The smallest absolute Gasteiger partial charge is 0.0618 e. The summed E-state index contributed by atoms with van der Waals surface area (Å²) in [5.41, 5.74) is 14.0. The zero-order valence-corrected chi connectivity index (χ0v) is 30.1. The van der Waals surface area contributed by atoms with Crippen LogP contribution in [0.1, 0.15) is 47.4 Å². The summed E-state index contributed by atoms with van der Waals surface area (Å²) in [5.74, 6) is 0.634. The highest BCUT2D eigenvalue weighted by Crippen LogP contribution is 2.49. The molecule has 8 aromatic rings. The molecule has 0 aliphatic heterocycles. The average Bonchev–Trinajstić information content (AvgIpc) is 3.18. The number of anilines is 3. The Balaban J connectivity index is 1.24. The molecule has 2 aliphatic carbocycles. The van der Waals surface area contributed by atoms with Gasteiger partial charge in [0.15, 0.2) is 0 Å². The van der Waals surface area contributed by atoms with E-state index in [2.05, 4.69) is 177 Å². The molecule has 10 rings (SSSR count). The molecule has 0 N–H and O–H groups in total. The third kappa shape index (κ3) is 4.91. The monoisotopic (exact) mass is 667 g/mol. The number of hydrogen-bond acceptors (Lipinski definition) is 1. The highest BCUT2D eigenvalue weighted by Gasteiger charge is 2.24. The van der Waals surface area contributed by atoms with E-state index in [4.69, 9.17) is 0 Å². The Labute approximate surface area is 305 Å². The second-order valence-corrected chi connectivity index (χ2v) is 15.0. The Kier molecular flexibility index (Phi) is 7.18. The van der Waals surface area contributed by atoms with Crippen molar-refractivity contribution in [3.8, 4) is 22.3 Å². The summed E-state index contributed by atoms with van der Waals surface area (Å²) in [6.07, 6.45) is 8.53. The van der Waals surface area contributed by atoms with Crippen molar-refractivity contribution in [1.82, 2.24) is 0 Å². The van der Waals surface area contributed by atoms with Gasteiger partial charge in [0.05, 0.1) is 5.69 Å². The first kappa shape index (κ1) is 30.9. The van der Waals surface area contributed by atoms with Gasteiger partial charge in [0, 0.05) is 22.1 Å². The van der Waals surface area contributed by atoms with Crippen LogP contribution >= 0.6 is 0 Å². The highest BCUT2D eigenvalue weighted by atomic mass is 15.1. The van der Waals surface area contributed by atoms with E-state index >= 15 is 0 Å². The third-order valence-corrected chi connectivity index (χ3v) is 11.6. The fourth-order valence-electron chi connectivity index (χ4n) is 9.18. The molecule has 1 nitrogen and oxygen atoms in total. The molecule has 0 amide bonds. The SMILES string of the molecule is Cc1ccc(N(c2ccc(C)cc2)c2c3ccccc3c(-c3cc(C)cc(-c4ccc5c6c7c(ccc46)=CCCC7CC=5)c3)c3ccccc23)cc1. The minimum atomic E-state index is 0.634. The van der Waals surface area contributed by atoms with Crippen LogP contribution in [0.15, 0.2) is 140 Å². The first-order valence-corrected chi connectivity index (χ1v) is 18.8. The maximum Gasteiger partial charge on any atom is 0.0618 e. The number of benzene rings is 8. The van der Waals surface area contributed by atoms with Crippen LogP contribution in [-0.4, -0.2) is 0 Å². The standard InChI is InChI=1S/C51H41N/c1-32-15-23-40(24-16-32)52(41-25-17-33(2)18-26-41)51-46-13-6-4-11-43(46)49(44-12-5-7-14-47(44)51)39-30-34(3)29-38(31-39)42-27-21-37-20-19-35-9-8-10-36-22-28-45(42)50(37)48(35)36/h4-7,10-18,20-31,35H,8-9,19H2,1-3H3. The van der Waals surface area contributed by atoms with Crippen molar-refractivity contribution in [2.24, 2.45) is 0 Å². The van der Waals surface area contributed by atoms with Crippen molar-refractivity contribution in [2.75, 3.05) is 4.90 Å². The second-order valence-electron chi connectivity index (χ2n) is 15.0. The molecule has 0 bridgehead atoms. The second kappa shape index (κ2) is 12.1. The van der Waals surface area contributed by atoms with Crippen LogP contribution in [0.5, 0.6) is 0 Å². The minimum absolute atomic E-state index is 0.634. The minimum Gasteiger partial charge on any atom is -0.309 e. The normalized spacial score (nSPS) is 14.7. The van der Waals surface area contributed by atoms with Crippen molar-refractivity contribution in [1.29, 1.82) is 0 Å². The largest absolute Gasteiger partial charge is 0.309 e. The number of hydrogen-bond donors (Lipinski definition) is 0. The lowest BCUT2D eigenvalue weighted by atomic mass is 9.78. The van der Waals surface area contributed by atoms with Crippen LogP contribution in [0.2, 0.25) is 0 Å². The Hall–Kier alpha value is -5.92. The van der Waals surface area contributed by atoms with Crippen LogP contribution < -0.4 is 15.3 Å². The van der Waals surface area contributed by atoms with Gasteiger partial charge < -0.3 is 4.90 Å². The summed E-state index contributed by atoms with van der Waals surface area (Å²) >= 11 is 0. The molecule has 0 spiro atoms. The summed E-state index contributed by atoms with van der Waals surface area (Å²) in [5, 5.41) is 10.7. The number of rotatable bonds is 5. The molecule has 0 radical (unpaired) electrons. The molecule has 0 saturated carbocycles. The average molecular weight is 668 g/mol. The molecule has 0 aromatic heterocycles. The van der Waals surface area contributed by atoms with Crippen molar-refractivity contribution < 1.29 is 0 Å². The molecule has 2 aliphatic rings. The summed E-state index contributed by atoms with van der Waals surface area (Å²) in [6.45, 7) is 6.56. The molecule has 1 atom stereocenters. The first-order chi connectivity index (χ1) is 25.5. The Bertz CT molecular complexity index is 2740.